The van der Waals surface area contributed by atoms with Crippen molar-refractivity contribution in [1.29, 1.82) is 0 Å². The van der Waals surface area contributed by atoms with Crippen LogP contribution in [0.15, 0.2) is 179 Å². The second-order valence-corrected chi connectivity index (χ2v) is 14.7. The van der Waals surface area contributed by atoms with E-state index in [0.717, 1.165) is 88.4 Å². The number of hydrogen-bond acceptors (Lipinski definition) is 8. The van der Waals surface area contributed by atoms with E-state index in [1.54, 1.807) is 0 Å². The van der Waals surface area contributed by atoms with Crippen LogP contribution in [0.1, 0.15) is 19.7 Å². The highest BCUT2D eigenvalue weighted by Gasteiger charge is 2.20. The minimum atomic E-state index is 0.542. The van der Waals surface area contributed by atoms with Gasteiger partial charge in [0.25, 0.3) is 0 Å². The lowest BCUT2D eigenvalue weighted by Gasteiger charge is -2.10. The second kappa shape index (κ2) is 14.4. The molecule has 7 aromatic carbocycles. The molecule has 11 aromatic rings. The highest BCUT2D eigenvalue weighted by Crippen LogP contribution is 2.39. The fraction of sp³-hybridized carbons (Fsp3) is 0.0385. The van der Waals surface area contributed by atoms with E-state index in [1.807, 2.05) is 141 Å². The van der Waals surface area contributed by atoms with Crippen LogP contribution in [-0.4, -0.2) is 29.9 Å². The molecule has 11 rings (SSSR count). The first-order valence-corrected chi connectivity index (χ1v) is 19.8. The van der Waals surface area contributed by atoms with E-state index in [1.165, 1.54) is 0 Å². The molecule has 8 nitrogen and oxygen atoms in total. The van der Waals surface area contributed by atoms with Crippen LogP contribution in [0.25, 0.3) is 118 Å². The van der Waals surface area contributed by atoms with Crippen molar-refractivity contribution in [3.8, 4) is 68.1 Å². The summed E-state index contributed by atoms with van der Waals surface area (Å²) in [7, 11) is 0. The van der Waals surface area contributed by atoms with Crippen molar-refractivity contribution in [1.82, 2.24) is 29.9 Å². The van der Waals surface area contributed by atoms with Crippen LogP contribution in [0, 0.1) is 0 Å². The zero-order chi connectivity index (χ0) is 40.2. The molecule has 284 valence electrons. The molecule has 0 aliphatic rings. The Labute approximate surface area is 344 Å². The standard InChI is InChI=1S/C52H34N6O2/c1-3-31(2)47-53-48(32-14-6-4-7-15-32)55-50(54-47)36-19-12-18-34(28-36)35-25-27-43-41(29-35)46-40(21-13-23-44(46)59-43)52-57-49(33-16-8-5-9-17-33)56-51(58-52)37-24-26-39-38-20-10-11-22-42(38)60-45(39)30-37/h3-30H,1-2H3/b31-3+. The van der Waals surface area contributed by atoms with Crippen molar-refractivity contribution >= 4 is 49.5 Å². The van der Waals surface area contributed by atoms with Crippen LogP contribution in [0.3, 0.4) is 0 Å². The average Bonchev–Trinajstić information content (AvgIpc) is 3.89. The number of allylic oxidation sites excluding steroid dienone is 2. The van der Waals surface area contributed by atoms with Gasteiger partial charge < -0.3 is 8.83 Å². The molecule has 8 heteroatoms. The van der Waals surface area contributed by atoms with Gasteiger partial charge in [-0.1, -0.05) is 127 Å². The van der Waals surface area contributed by atoms with E-state index in [2.05, 4.69) is 42.5 Å². The molecule has 0 spiro atoms. The fourth-order valence-electron chi connectivity index (χ4n) is 7.76. The minimum absolute atomic E-state index is 0.542. The topological polar surface area (TPSA) is 104 Å². The summed E-state index contributed by atoms with van der Waals surface area (Å²) in [6.45, 7) is 4.01. The lowest BCUT2D eigenvalue weighted by Crippen LogP contribution is -2.01. The van der Waals surface area contributed by atoms with Gasteiger partial charge in [-0.15, -0.1) is 0 Å². The monoisotopic (exact) mass is 774 g/mol. The Morgan fingerprint density at radius 1 is 0.383 bits per heavy atom. The number of fused-ring (bicyclic) bond motifs is 6. The van der Waals surface area contributed by atoms with E-state index in [4.69, 9.17) is 38.7 Å². The molecule has 0 saturated carbocycles. The predicted molar refractivity (Wildman–Crippen MR) is 240 cm³/mol. The van der Waals surface area contributed by atoms with Gasteiger partial charge >= 0.3 is 0 Å². The molecule has 4 aromatic heterocycles. The molecule has 0 fully saturated rings. The first kappa shape index (κ1) is 35.1. The van der Waals surface area contributed by atoms with Crippen LogP contribution >= 0.6 is 0 Å². The normalized spacial score (nSPS) is 11.9. The largest absolute Gasteiger partial charge is 0.456 e. The van der Waals surface area contributed by atoms with Crippen LogP contribution in [0.4, 0.5) is 0 Å². The van der Waals surface area contributed by atoms with Crippen molar-refractivity contribution in [2.24, 2.45) is 0 Å². The SMILES string of the molecule is C/C=C(\C)c1nc(-c2ccccc2)nc(-c2cccc(-c3ccc4oc5cccc(-c6nc(-c7ccccc7)nc(-c7ccc8c(c7)oc7ccccc78)n6)c5c4c3)c2)n1. The highest BCUT2D eigenvalue weighted by molar-refractivity contribution is 6.13. The van der Waals surface area contributed by atoms with Crippen molar-refractivity contribution in [2.45, 2.75) is 13.8 Å². The summed E-state index contributed by atoms with van der Waals surface area (Å²) in [6, 6.07) is 54.9. The number of aromatic nitrogens is 6. The fourth-order valence-corrected chi connectivity index (χ4v) is 7.76. The van der Waals surface area contributed by atoms with E-state index >= 15 is 0 Å². The molecular weight excluding hydrogens is 741 g/mol. The Morgan fingerprint density at radius 3 is 1.67 bits per heavy atom. The first-order valence-electron chi connectivity index (χ1n) is 19.8. The second-order valence-electron chi connectivity index (χ2n) is 14.7. The lowest BCUT2D eigenvalue weighted by molar-refractivity contribution is 0.668. The van der Waals surface area contributed by atoms with Crippen molar-refractivity contribution in [3.63, 3.8) is 0 Å². The molecule has 0 amide bonds. The van der Waals surface area contributed by atoms with E-state index in [-0.39, 0.29) is 0 Å². The van der Waals surface area contributed by atoms with E-state index in [9.17, 15) is 0 Å². The third-order valence-corrected chi connectivity index (χ3v) is 10.9. The third-order valence-electron chi connectivity index (χ3n) is 10.9. The molecule has 0 radical (unpaired) electrons. The zero-order valence-corrected chi connectivity index (χ0v) is 32.7. The van der Waals surface area contributed by atoms with Gasteiger partial charge in [0.15, 0.2) is 34.9 Å². The number of nitrogens with zero attached hydrogens (tertiary/aromatic N) is 6. The van der Waals surface area contributed by atoms with Gasteiger partial charge in [0.05, 0.1) is 0 Å². The number of para-hydroxylation sites is 1. The van der Waals surface area contributed by atoms with Gasteiger partial charge in [-0.2, -0.15) is 0 Å². The summed E-state index contributed by atoms with van der Waals surface area (Å²) in [6.07, 6.45) is 2.02. The Hall–Kier alpha value is -8.10. The molecule has 60 heavy (non-hydrogen) atoms. The molecule has 0 bridgehead atoms. The van der Waals surface area contributed by atoms with Crippen LogP contribution in [-0.2, 0) is 0 Å². The van der Waals surface area contributed by atoms with Gasteiger partial charge in [0.1, 0.15) is 22.3 Å². The number of benzene rings is 7. The Bertz CT molecular complexity index is 3460. The predicted octanol–water partition coefficient (Wildman–Crippen LogP) is 13.3. The van der Waals surface area contributed by atoms with Crippen molar-refractivity contribution < 1.29 is 8.83 Å². The average molecular weight is 775 g/mol. The van der Waals surface area contributed by atoms with Gasteiger partial charge in [0, 0.05) is 49.4 Å². The van der Waals surface area contributed by atoms with Crippen LogP contribution < -0.4 is 0 Å². The number of rotatable bonds is 7. The van der Waals surface area contributed by atoms with Gasteiger partial charge in [0.2, 0.25) is 0 Å². The first-order chi connectivity index (χ1) is 29.6. The Kier molecular flexibility index (Phi) is 8.41. The van der Waals surface area contributed by atoms with E-state index in [0.29, 0.717) is 34.9 Å². The molecular formula is C52H34N6O2. The molecule has 0 N–H and O–H groups in total. The Morgan fingerprint density at radius 2 is 0.900 bits per heavy atom. The van der Waals surface area contributed by atoms with Crippen LogP contribution in [0.2, 0.25) is 0 Å². The molecule has 0 atom stereocenters. The van der Waals surface area contributed by atoms with Gasteiger partial charge in [-0.05, 0) is 73.0 Å². The molecule has 4 heterocycles. The van der Waals surface area contributed by atoms with Crippen molar-refractivity contribution in [3.05, 3.63) is 176 Å². The van der Waals surface area contributed by atoms with E-state index < -0.39 is 0 Å². The molecule has 0 unspecified atom stereocenters. The smallest absolute Gasteiger partial charge is 0.164 e. The molecule has 0 saturated heterocycles. The maximum Gasteiger partial charge on any atom is 0.164 e. The summed E-state index contributed by atoms with van der Waals surface area (Å²) >= 11 is 0. The van der Waals surface area contributed by atoms with Crippen molar-refractivity contribution in [2.75, 3.05) is 0 Å². The zero-order valence-electron chi connectivity index (χ0n) is 32.7. The molecule has 0 aliphatic carbocycles. The summed E-state index contributed by atoms with van der Waals surface area (Å²) < 4.78 is 12.8. The van der Waals surface area contributed by atoms with Crippen LogP contribution in [0.5, 0.6) is 0 Å². The molecule has 0 aliphatic heterocycles. The summed E-state index contributed by atoms with van der Waals surface area (Å²) in [5.41, 5.74) is 10.5. The lowest BCUT2D eigenvalue weighted by atomic mass is 9.99. The highest BCUT2D eigenvalue weighted by atomic mass is 16.3. The maximum absolute atomic E-state index is 6.49. The third kappa shape index (κ3) is 6.18. The van der Waals surface area contributed by atoms with Gasteiger partial charge in [-0.25, -0.2) is 29.9 Å². The number of hydrogen-bond donors (Lipinski definition) is 0. The summed E-state index contributed by atoms with van der Waals surface area (Å²) in [5.74, 6) is 3.55. The summed E-state index contributed by atoms with van der Waals surface area (Å²) in [5, 5.41) is 3.99. The maximum atomic E-state index is 6.49. The Balaban J connectivity index is 1.05. The number of furan rings is 2. The minimum Gasteiger partial charge on any atom is -0.456 e. The quantitative estimate of drug-likeness (QED) is 0.158. The van der Waals surface area contributed by atoms with Gasteiger partial charge in [-0.3, -0.25) is 0 Å². The summed E-state index contributed by atoms with van der Waals surface area (Å²) in [4.78, 5) is 29.9.